The van der Waals surface area contributed by atoms with Gasteiger partial charge >= 0.3 is 5.97 Å². The minimum atomic E-state index is -1.01. The molecule has 0 bridgehead atoms. The molecule has 34 heavy (non-hydrogen) atoms. The van der Waals surface area contributed by atoms with Crippen LogP contribution in [0.1, 0.15) is 95.8 Å². The van der Waals surface area contributed by atoms with Gasteiger partial charge in [-0.05, 0) is 49.3 Å². The second-order valence-corrected chi connectivity index (χ2v) is 10.8. The molecule has 2 aliphatic carbocycles. The maximum atomic E-state index is 14.2. The van der Waals surface area contributed by atoms with E-state index in [1.165, 1.54) is 30.4 Å². The molecule has 1 aromatic carbocycles. The highest BCUT2D eigenvalue weighted by Crippen LogP contribution is 2.52. The lowest BCUT2D eigenvalue weighted by molar-refractivity contribution is 0.0665. The van der Waals surface area contributed by atoms with Crippen LogP contribution in [0.5, 0.6) is 0 Å². The number of benzene rings is 1. The van der Waals surface area contributed by atoms with E-state index in [0.29, 0.717) is 23.6 Å². The molecule has 2 aliphatic heterocycles. The summed E-state index contributed by atoms with van der Waals surface area (Å²) in [5.74, 6) is 6.51. The zero-order valence-corrected chi connectivity index (χ0v) is 19.9. The fraction of sp³-hybridized carbons (Fsp3) is 0.429. The third-order valence-electron chi connectivity index (χ3n) is 8.66. The maximum absolute atomic E-state index is 14.2. The van der Waals surface area contributed by atoms with Crippen LogP contribution < -0.4 is 10.4 Å². The Morgan fingerprint density at radius 3 is 2.68 bits per heavy atom. The first-order valence-electron chi connectivity index (χ1n) is 12.5. The molecule has 0 saturated heterocycles. The number of carbonyl (C=O) groups excluding carboxylic acids is 1. The maximum Gasteiger partial charge on any atom is 0.338 e. The van der Waals surface area contributed by atoms with E-state index in [1.807, 2.05) is 38.3 Å². The fourth-order valence-electron chi connectivity index (χ4n) is 6.77. The second kappa shape index (κ2) is 7.27. The van der Waals surface area contributed by atoms with Crippen LogP contribution in [-0.4, -0.2) is 27.1 Å². The lowest BCUT2D eigenvalue weighted by Crippen LogP contribution is -2.69. The Hall–Kier alpha value is -2.96. The molecule has 0 amide bonds. The molecule has 6 rings (SSSR count). The molecule has 176 valence electrons. The minimum Gasteiger partial charge on any atom is -0.478 e. The number of fused-ring (bicyclic) bond motifs is 4. The molecule has 1 aromatic heterocycles. The van der Waals surface area contributed by atoms with Crippen molar-refractivity contribution in [1.29, 1.82) is 0 Å². The molecule has 1 atom stereocenters. The SMILES string of the molecule is CC1(C)C(=O)n2c3c(c(C(=O)O)c2-c2ccc(C4CCCCC4)c4c2[N@@+]1(N)C=CC4)C=CCC3. The molecule has 6 heteroatoms. The van der Waals surface area contributed by atoms with Crippen LogP contribution in [0.3, 0.4) is 0 Å². The third kappa shape index (κ3) is 2.64. The fourth-order valence-corrected chi connectivity index (χ4v) is 6.77. The van der Waals surface area contributed by atoms with Crippen molar-refractivity contribution in [3.05, 3.63) is 58.4 Å². The van der Waals surface area contributed by atoms with Gasteiger partial charge in [-0.3, -0.25) is 9.36 Å². The molecule has 0 unspecified atom stereocenters. The number of aromatic carboxylic acids is 1. The Labute approximate surface area is 199 Å². The summed E-state index contributed by atoms with van der Waals surface area (Å²) in [6.07, 6.45) is 16.1. The van der Waals surface area contributed by atoms with Gasteiger partial charge < -0.3 is 5.11 Å². The Balaban J connectivity index is 1.74. The van der Waals surface area contributed by atoms with Gasteiger partial charge in [-0.1, -0.05) is 37.5 Å². The first kappa shape index (κ1) is 21.6. The smallest absolute Gasteiger partial charge is 0.338 e. The van der Waals surface area contributed by atoms with E-state index in [4.69, 9.17) is 5.84 Å². The van der Waals surface area contributed by atoms with E-state index < -0.39 is 11.5 Å². The number of nitrogens with two attached hydrogens (primary N) is 1. The predicted octanol–water partition coefficient (Wildman–Crippen LogP) is 5.54. The van der Waals surface area contributed by atoms with Crippen molar-refractivity contribution in [2.45, 2.75) is 76.7 Å². The number of carboxylic acid groups (broad SMARTS) is 1. The van der Waals surface area contributed by atoms with E-state index in [2.05, 4.69) is 12.1 Å². The monoisotopic (exact) mass is 458 g/mol. The molecular weight excluding hydrogens is 426 g/mol. The van der Waals surface area contributed by atoms with Crippen LogP contribution in [-0.2, 0) is 12.8 Å². The number of quaternary nitrogens is 1. The average molecular weight is 459 g/mol. The van der Waals surface area contributed by atoms with Crippen LogP contribution in [0.2, 0.25) is 0 Å². The molecule has 3 N–H and O–H groups in total. The molecule has 0 radical (unpaired) electrons. The van der Waals surface area contributed by atoms with Gasteiger partial charge in [0.2, 0.25) is 0 Å². The number of carboxylic acids is 1. The molecule has 1 fully saturated rings. The van der Waals surface area contributed by atoms with E-state index in [9.17, 15) is 14.7 Å². The summed E-state index contributed by atoms with van der Waals surface area (Å²) >= 11 is 0. The van der Waals surface area contributed by atoms with Crippen molar-refractivity contribution in [2.24, 2.45) is 5.84 Å². The van der Waals surface area contributed by atoms with Gasteiger partial charge in [0.1, 0.15) is 6.20 Å². The number of rotatable bonds is 2. The van der Waals surface area contributed by atoms with Gasteiger partial charge in [0.05, 0.1) is 16.8 Å². The first-order valence-corrected chi connectivity index (χ1v) is 12.5. The molecule has 1 saturated carbocycles. The molecule has 4 aliphatic rings. The Bertz CT molecular complexity index is 1310. The van der Waals surface area contributed by atoms with Crippen molar-refractivity contribution < 1.29 is 14.7 Å². The summed E-state index contributed by atoms with van der Waals surface area (Å²) in [4.78, 5) is 26.9. The summed E-state index contributed by atoms with van der Waals surface area (Å²) in [6, 6.07) is 4.23. The van der Waals surface area contributed by atoms with Crippen molar-refractivity contribution in [2.75, 3.05) is 0 Å². The van der Waals surface area contributed by atoms with Crippen LogP contribution in [0.25, 0.3) is 17.3 Å². The van der Waals surface area contributed by atoms with E-state index in [-0.39, 0.29) is 16.1 Å². The highest BCUT2D eigenvalue weighted by Gasteiger charge is 2.56. The van der Waals surface area contributed by atoms with E-state index >= 15 is 0 Å². The van der Waals surface area contributed by atoms with Crippen molar-refractivity contribution in [3.8, 4) is 11.3 Å². The van der Waals surface area contributed by atoms with Gasteiger partial charge in [-0.25, -0.2) is 4.79 Å². The number of hydrogen-bond donors (Lipinski definition) is 2. The molecule has 3 heterocycles. The highest BCUT2D eigenvalue weighted by molar-refractivity contribution is 6.09. The van der Waals surface area contributed by atoms with Gasteiger partial charge in [-0.2, -0.15) is 10.4 Å². The normalized spacial score (nSPS) is 24.9. The topological polar surface area (TPSA) is 85.3 Å². The lowest BCUT2D eigenvalue weighted by Gasteiger charge is -2.43. The summed E-state index contributed by atoms with van der Waals surface area (Å²) < 4.78 is 1.56. The Morgan fingerprint density at radius 2 is 1.94 bits per heavy atom. The van der Waals surface area contributed by atoms with Crippen LogP contribution in [0.4, 0.5) is 5.69 Å². The molecule has 0 spiro atoms. The van der Waals surface area contributed by atoms with E-state index in [0.717, 1.165) is 42.6 Å². The quantitative estimate of drug-likeness (QED) is 0.457. The summed E-state index contributed by atoms with van der Waals surface area (Å²) in [7, 11) is 0. The summed E-state index contributed by atoms with van der Waals surface area (Å²) in [6.45, 7) is 3.79. The minimum absolute atomic E-state index is 0.136. The number of aromatic nitrogens is 1. The van der Waals surface area contributed by atoms with Crippen LogP contribution in [0, 0.1) is 0 Å². The Kier molecular flexibility index (Phi) is 4.61. The van der Waals surface area contributed by atoms with Gasteiger partial charge in [0.25, 0.3) is 5.91 Å². The zero-order valence-electron chi connectivity index (χ0n) is 19.9. The number of carbonyl (C=O) groups is 2. The second-order valence-electron chi connectivity index (χ2n) is 10.8. The van der Waals surface area contributed by atoms with Gasteiger partial charge in [0, 0.05) is 37.1 Å². The standard InChI is InChI=1S/C28H31N3O3/c1-28(2)27(34)30-22-13-7-6-11-20(22)23(26(32)33)24(30)21-15-14-18(17-9-4-3-5-10-17)19-12-8-16-31(28,29)25(19)21/h6,8,11,14-17H,3-5,7,9-10,12-13,29H2,1-2H3/p+1/t31-/m0/s1. The molecule has 6 nitrogen and oxygen atoms in total. The molecular formula is C28H32N3O3+. The largest absolute Gasteiger partial charge is 0.478 e. The first-order chi connectivity index (χ1) is 16.3. The summed E-state index contributed by atoms with van der Waals surface area (Å²) in [5, 5.41) is 10.3. The Morgan fingerprint density at radius 1 is 1.18 bits per heavy atom. The van der Waals surface area contributed by atoms with E-state index in [1.54, 1.807) is 4.57 Å². The van der Waals surface area contributed by atoms with Crippen molar-refractivity contribution >= 4 is 23.6 Å². The number of hydrogen-bond acceptors (Lipinski definition) is 3. The lowest BCUT2D eigenvalue weighted by atomic mass is 9.79. The van der Waals surface area contributed by atoms with Crippen molar-refractivity contribution in [3.63, 3.8) is 0 Å². The molecule has 2 aromatic rings. The number of nitrogens with zero attached hydrogens (tertiary/aromatic N) is 2. The zero-order chi connectivity index (χ0) is 23.8. The van der Waals surface area contributed by atoms with Crippen molar-refractivity contribution in [1.82, 2.24) is 9.16 Å². The van der Waals surface area contributed by atoms with Crippen LogP contribution >= 0.6 is 0 Å². The summed E-state index contributed by atoms with van der Waals surface area (Å²) in [5.41, 5.74) is 5.31. The van der Waals surface area contributed by atoms with Crippen LogP contribution in [0.15, 0.2) is 30.5 Å². The highest BCUT2D eigenvalue weighted by atomic mass is 16.4. The average Bonchev–Trinajstić information content (AvgIpc) is 3.16. The predicted molar refractivity (Wildman–Crippen MR) is 134 cm³/mol. The van der Waals surface area contributed by atoms with Gasteiger partial charge in [0.15, 0.2) is 11.2 Å². The number of allylic oxidation sites excluding steroid dienone is 2. The van der Waals surface area contributed by atoms with Gasteiger partial charge in [-0.15, -0.1) is 0 Å². The third-order valence-corrected chi connectivity index (χ3v) is 8.66.